The summed E-state index contributed by atoms with van der Waals surface area (Å²) in [6.45, 7) is 0. The molecular weight excluding hydrogens is 326 g/mol. The summed E-state index contributed by atoms with van der Waals surface area (Å²) >= 11 is 0. The topological polar surface area (TPSA) is 132 Å². The highest BCUT2D eigenvalue weighted by Gasteiger charge is 2.23. The van der Waals surface area contributed by atoms with E-state index in [1.54, 1.807) is 30.3 Å². The molecule has 0 spiro atoms. The summed E-state index contributed by atoms with van der Waals surface area (Å²) in [6.07, 6.45) is 0. The van der Waals surface area contributed by atoms with Crippen molar-refractivity contribution >= 4 is 27.1 Å². The highest BCUT2D eigenvalue weighted by Crippen LogP contribution is 2.30. The minimum absolute atomic E-state index is 0.323. The Hall–Kier alpha value is -3.01. The second kappa shape index (κ2) is 6.40. The molecule has 2 aromatic carbocycles. The molecule has 10 heteroatoms. The van der Waals surface area contributed by atoms with Gasteiger partial charge < -0.3 is 0 Å². The Morgan fingerprint density at radius 1 is 0.957 bits per heavy atom. The third kappa shape index (κ3) is 4.23. The van der Waals surface area contributed by atoms with Crippen molar-refractivity contribution in [1.82, 2.24) is 0 Å². The Bertz CT molecular complexity index is 851. The fraction of sp³-hybridized carbons (Fsp3) is 0.0769. The predicted molar refractivity (Wildman–Crippen MR) is 82.4 cm³/mol. The Kier molecular flexibility index (Phi) is 4.55. The van der Waals surface area contributed by atoms with Crippen LogP contribution in [-0.2, 0) is 15.8 Å². The second-order valence-electron chi connectivity index (χ2n) is 4.56. The van der Waals surface area contributed by atoms with Gasteiger partial charge in [-0.05, 0) is 11.6 Å². The number of hydrogen-bond acceptors (Lipinski definition) is 6. The largest absolute Gasteiger partial charge is 0.300 e. The molecule has 23 heavy (non-hydrogen) atoms. The van der Waals surface area contributed by atoms with E-state index in [0.717, 1.165) is 12.1 Å². The highest BCUT2D eigenvalue weighted by atomic mass is 32.2. The summed E-state index contributed by atoms with van der Waals surface area (Å²) in [5, 5.41) is 21.6. The van der Waals surface area contributed by atoms with E-state index in [0.29, 0.717) is 11.6 Å². The van der Waals surface area contributed by atoms with Crippen molar-refractivity contribution in [2.45, 2.75) is 5.75 Å². The zero-order valence-electron chi connectivity index (χ0n) is 11.6. The Morgan fingerprint density at radius 3 is 2.17 bits per heavy atom. The van der Waals surface area contributed by atoms with Crippen molar-refractivity contribution in [3.05, 3.63) is 74.3 Å². The summed E-state index contributed by atoms with van der Waals surface area (Å²) in [5.74, 6) is -0.373. The molecule has 0 aliphatic carbocycles. The number of anilines is 1. The van der Waals surface area contributed by atoms with Crippen LogP contribution in [0.15, 0.2) is 48.5 Å². The lowest BCUT2D eigenvalue weighted by Crippen LogP contribution is -2.16. The molecule has 120 valence electrons. The van der Waals surface area contributed by atoms with E-state index in [1.807, 2.05) is 0 Å². The molecule has 0 unspecified atom stereocenters. The molecule has 0 saturated carbocycles. The van der Waals surface area contributed by atoms with Gasteiger partial charge in [0, 0.05) is 6.07 Å². The first kappa shape index (κ1) is 16.4. The maximum Gasteiger partial charge on any atom is 0.300 e. The third-order valence-corrected chi connectivity index (χ3v) is 4.10. The molecule has 0 aromatic heterocycles. The predicted octanol–water partition coefficient (Wildman–Crippen LogP) is 2.44. The van der Waals surface area contributed by atoms with Gasteiger partial charge in [0.15, 0.2) is 0 Å². The first-order valence-electron chi connectivity index (χ1n) is 6.26. The van der Waals surface area contributed by atoms with Crippen molar-refractivity contribution in [3.8, 4) is 0 Å². The van der Waals surface area contributed by atoms with Crippen molar-refractivity contribution in [1.29, 1.82) is 0 Å². The molecular formula is C13H11N3O6S. The number of nitro groups is 2. The van der Waals surface area contributed by atoms with Crippen LogP contribution in [0.2, 0.25) is 0 Å². The molecule has 1 N–H and O–H groups in total. The lowest BCUT2D eigenvalue weighted by Gasteiger charge is -2.08. The van der Waals surface area contributed by atoms with Crippen molar-refractivity contribution in [3.63, 3.8) is 0 Å². The first-order valence-corrected chi connectivity index (χ1v) is 7.91. The van der Waals surface area contributed by atoms with Crippen molar-refractivity contribution in [2.75, 3.05) is 4.72 Å². The van der Waals surface area contributed by atoms with E-state index >= 15 is 0 Å². The molecule has 0 radical (unpaired) electrons. The van der Waals surface area contributed by atoms with Gasteiger partial charge >= 0.3 is 0 Å². The third-order valence-electron chi connectivity index (χ3n) is 2.85. The number of nitro benzene ring substituents is 2. The standard InChI is InChI=1S/C13H11N3O6S/c17-15(18)11-6-7-12(13(8-11)16(19)20)14-23(21,22)9-10-4-2-1-3-5-10/h1-8,14H,9H2. The molecule has 0 amide bonds. The smallest absolute Gasteiger partial charge is 0.277 e. The van der Waals surface area contributed by atoms with Gasteiger partial charge in [0.05, 0.1) is 21.7 Å². The molecule has 0 aliphatic heterocycles. The quantitative estimate of drug-likeness (QED) is 0.636. The average Bonchev–Trinajstić information content (AvgIpc) is 2.47. The summed E-state index contributed by atoms with van der Waals surface area (Å²) in [6, 6.07) is 11.0. The SMILES string of the molecule is O=[N+]([O-])c1ccc(NS(=O)(=O)Cc2ccccc2)c([N+](=O)[O-])c1. The fourth-order valence-electron chi connectivity index (χ4n) is 1.87. The van der Waals surface area contributed by atoms with Crippen LogP contribution in [0.25, 0.3) is 0 Å². The van der Waals surface area contributed by atoms with E-state index in [2.05, 4.69) is 4.72 Å². The number of sulfonamides is 1. The van der Waals surface area contributed by atoms with Gasteiger partial charge in [0.1, 0.15) is 5.69 Å². The summed E-state index contributed by atoms with van der Waals surface area (Å²) < 4.78 is 26.3. The maximum atomic E-state index is 12.1. The number of nitrogens with one attached hydrogen (secondary N) is 1. The monoisotopic (exact) mass is 337 g/mol. The van der Waals surface area contributed by atoms with Gasteiger partial charge in [-0.2, -0.15) is 0 Å². The molecule has 2 aromatic rings. The van der Waals surface area contributed by atoms with Gasteiger partial charge in [-0.3, -0.25) is 25.0 Å². The van der Waals surface area contributed by atoms with Crippen LogP contribution in [0.3, 0.4) is 0 Å². The van der Waals surface area contributed by atoms with Crippen LogP contribution in [-0.4, -0.2) is 18.3 Å². The number of non-ortho nitro benzene ring substituents is 1. The lowest BCUT2D eigenvalue weighted by atomic mass is 10.2. The van der Waals surface area contributed by atoms with E-state index in [1.165, 1.54) is 0 Å². The first-order chi connectivity index (χ1) is 10.8. The van der Waals surface area contributed by atoms with Crippen molar-refractivity contribution in [2.24, 2.45) is 0 Å². The zero-order chi connectivity index (χ0) is 17.0. The van der Waals surface area contributed by atoms with Gasteiger partial charge in [-0.25, -0.2) is 8.42 Å². The van der Waals surface area contributed by atoms with E-state index in [9.17, 15) is 28.6 Å². The molecule has 0 saturated heterocycles. The maximum absolute atomic E-state index is 12.1. The summed E-state index contributed by atoms with van der Waals surface area (Å²) in [4.78, 5) is 20.0. The molecule has 9 nitrogen and oxygen atoms in total. The highest BCUT2D eigenvalue weighted by molar-refractivity contribution is 7.91. The van der Waals surface area contributed by atoms with Crippen LogP contribution in [0.1, 0.15) is 5.56 Å². The molecule has 0 bridgehead atoms. The van der Waals surface area contributed by atoms with Crippen molar-refractivity contribution < 1.29 is 18.3 Å². The molecule has 0 aliphatic rings. The van der Waals surface area contributed by atoms with Gasteiger partial charge in [0.2, 0.25) is 10.0 Å². The second-order valence-corrected chi connectivity index (χ2v) is 6.28. The molecule has 0 heterocycles. The van der Waals surface area contributed by atoms with Crippen LogP contribution in [0.4, 0.5) is 17.1 Å². The van der Waals surface area contributed by atoms with Crippen LogP contribution < -0.4 is 4.72 Å². The van der Waals surface area contributed by atoms with E-state index < -0.39 is 31.2 Å². The zero-order valence-corrected chi connectivity index (χ0v) is 12.4. The number of benzene rings is 2. The number of rotatable bonds is 6. The Balaban J connectivity index is 2.31. The van der Waals surface area contributed by atoms with E-state index in [-0.39, 0.29) is 11.4 Å². The molecule has 0 fully saturated rings. The fourth-order valence-corrected chi connectivity index (χ4v) is 3.08. The Labute approximate surface area is 130 Å². The minimum atomic E-state index is -3.90. The van der Waals surface area contributed by atoms with Gasteiger partial charge in [-0.15, -0.1) is 0 Å². The van der Waals surface area contributed by atoms with E-state index in [4.69, 9.17) is 0 Å². The van der Waals surface area contributed by atoms with Crippen LogP contribution >= 0.6 is 0 Å². The molecule has 2 rings (SSSR count). The summed E-state index contributed by atoms with van der Waals surface area (Å²) in [5.41, 5.74) is -1.00. The van der Waals surface area contributed by atoms with Crippen LogP contribution in [0.5, 0.6) is 0 Å². The summed E-state index contributed by atoms with van der Waals surface area (Å²) in [7, 11) is -3.90. The lowest BCUT2D eigenvalue weighted by molar-refractivity contribution is -0.393. The van der Waals surface area contributed by atoms with Gasteiger partial charge in [-0.1, -0.05) is 30.3 Å². The van der Waals surface area contributed by atoms with Crippen LogP contribution in [0, 0.1) is 20.2 Å². The average molecular weight is 337 g/mol. The Morgan fingerprint density at radius 2 is 1.61 bits per heavy atom. The normalized spacial score (nSPS) is 11.0. The minimum Gasteiger partial charge on any atom is -0.277 e. The number of nitrogens with zero attached hydrogens (tertiary/aromatic N) is 2. The van der Waals surface area contributed by atoms with Gasteiger partial charge in [0.25, 0.3) is 11.4 Å². The number of hydrogen-bond donors (Lipinski definition) is 1. The molecule has 0 atom stereocenters.